The molecule has 236 valence electrons. The molecule has 0 spiro atoms. The Kier molecular flexibility index (Phi) is 14.8. The Morgan fingerprint density at radius 3 is 0.717 bits per heavy atom. The zero-order valence-corrected chi connectivity index (χ0v) is 29.3. The van der Waals surface area contributed by atoms with Crippen LogP contribution in [0.2, 0.25) is 0 Å². The second kappa shape index (κ2) is 18.5. The van der Waals surface area contributed by atoms with Crippen molar-refractivity contribution in [1.82, 2.24) is 0 Å². The first kappa shape index (κ1) is 36.8. The van der Waals surface area contributed by atoms with Crippen molar-refractivity contribution in [3.63, 3.8) is 0 Å². The van der Waals surface area contributed by atoms with Crippen molar-refractivity contribution < 1.29 is 0 Å². The maximum atomic E-state index is 9.26. The van der Waals surface area contributed by atoms with Gasteiger partial charge < -0.3 is 10.3 Å². The number of nitrogens with one attached hydrogen (secondary N) is 2. The summed E-state index contributed by atoms with van der Waals surface area (Å²) >= 11 is 0. The summed E-state index contributed by atoms with van der Waals surface area (Å²) < 4.78 is 0. The van der Waals surface area contributed by atoms with Gasteiger partial charge in [-0.05, 0) is 57.5 Å². The lowest BCUT2D eigenvalue weighted by molar-refractivity contribution is 1.14. The summed E-state index contributed by atoms with van der Waals surface area (Å²) in [6, 6.07) is 62.3. The second-order valence-electron chi connectivity index (χ2n) is 10.9. The molecule has 0 bridgehead atoms. The van der Waals surface area contributed by atoms with Gasteiger partial charge in [-0.15, -0.1) is 24.8 Å². The van der Waals surface area contributed by atoms with E-state index in [1.54, 1.807) is 0 Å². The van der Waals surface area contributed by atoms with Gasteiger partial charge in [-0.3, -0.25) is 0 Å². The number of halogens is 2. The molecule has 0 fully saturated rings. The van der Waals surface area contributed by atoms with Gasteiger partial charge in [0.05, 0.1) is 0 Å². The van der Waals surface area contributed by atoms with E-state index < -0.39 is 14.1 Å². The highest BCUT2D eigenvalue weighted by atomic mass is 35.5. The van der Waals surface area contributed by atoms with Crippen molar-refractivity contribution in [3.8, 4) is 0 Å². The number of hydrogen-bond acceptors (Lipinski definition) is 2. The topological polar surface area (TPSA) is 47.7 Å². The van der Waals surface area contributed by atoms with Gasteiger partial charge in [-0.1, -0.05) is 182 Å². The van der Waals surface area contributed by atoms with Crippen LogP contribution in [-0.4, -0.2) is 12.3 Å². The zero-order valence-electron chi connectivity index (χ0n) is 25.9. The molecule has 0 aliphatic carbocycles. The first-order chi connectivity index (χ1) is 21.6. The smallest absolute Gasteiger partial charge is 0.0241 e. The molecular formula is C40H42Cl2N2P2. The van der Waals surface area contributed by atoms with Crippen molar-refractivity contribution in [3.05, 3.63) is 193 Å². The van der Waals surface area contributed by atoms with E-state index in [9.17, 15) is 10.3 Å². The fourth-order valence-electron chi connectivity index (χ4n) is 5.43. The third-order valence-corrected chi connectivity index (χ3v) is 14.5. The van der Waals surface area contributed by atoms with Crippen molar-refractivity contribution in [2.75, 3.05) is 12.3 Å². The van der Waals surface area contributed by atoms with Gasteiger partial charge in [-0.25, -0.2) is 0 Å². The van der Waals surface area contributed by atoms with E-state index in [1.807, 2.05) is 84.9 Å². The Hall–Kier alpha value is -3.64. The fourth-order valence-corrected chi connectivity index (χ4v) is 11.0. The quantitative estimate of drug-likeness (QED) is 0.135. The molecule has 0 radical (unpaired) electrons. The summed E-state index contributed by atoms with van der Waals surface area (Å²) in [4.78, 5) is 0. The highest BCUT2D eigenvalue weighted by Gasteiger charge is 2.23. The van der Waals surface area contributed by atoms with E-state index in [-0.39, 0.29) is 24.8 Å². The largest absolute Gasteiger partial charge is 0.309 e. The maximum absolute atomic E-state index is 9.26. The van der Waals surface area contributed by atoms with Crippen molar-refractivity contribution >= 4 is 60.1 Å². The fraction of sp³-hybridized carbons (Fsp3) is 0.100. The Balaban J connectivity index is 0.000000240. The summed E-state index contributed by atoms with van der Waals surface area (Å²) in [7, 11) is -4.18. The first-order valence-corrected chi connectivity index (χ1v) is 19.1. The lowest BCUT2D eigenvalue weighted by Gasteiger charge is -2.23. The van der Waals surface area contributed by atoms with E-state index in [1.165, 1.54) is 11.1 Å². The Morgan fingerprint density at radius 2 is 0.500 bits per heavy atom. The number of rotatable bonds is 10. The Bertz CT molecular complexity index is 1560. The molecule has 2 nitrogen and oxygen atoms in total. The predicted molar refractivity (Wildman–Crippen MR) is 208 cm³/mol. The minimum absolute atomic E-state index is 0. The van der Waals surface area contributed by atoms with Crippen LogP contribution in [0.5, 0.6) is 0 Å². The molecule has 6 heteroatoms. The molecule has 0 atom stereocenters. The van der Waals surface area contributed by atoms with Crippen LogP contribution < -0.4 is 21.2 Å². The molecule has 0 saturated carbocycles. The van der Waals surface area contributed by atoms with Gasteiger partial charge in [0, 0.05) is 14.1 Å². The molecule has 0 saturated heterocycles. The third kappa shape index (κ3) is 9.68. The molecule has 0 amide bonds. The minimum atomic E-state index is -2.09. The lowest BCUT2D eigenvalue weighted by Crippen LogP contribution is -2.18. The predicted octanol–water partition coefficient (Wildman–Crippen LogP) is 10.2. The van der Waals surface area contributed by atoms with Crippen molar-refractivity contribution in [2.24, 2.45) is 0 Å². The van der Waals surface area contributed by atoms with Gasteiger partial charge in [-0.2, -0.15) is 0 Å². The van der Waals surface area contributed by atoms with Crippen LogP contribution >= 0.6 is 38.9 Å². The Labute approximate surface area is 287 Å². The second-order valence-corrected chi connectivity index (χ2v) is 17.1. The third-order valence-electron chi connectivity index (χ3n) is 7.95. The van der Waals surface area contributed by atoms with Crippen LogP contribution in [0.3, 0.4) is 0 Å². The number of aryl methyl sites for hydroxylation is 2. The van der Waals surface area contributed by atoms with Gasteiger partial charge in [0.15, 0.2) is 0 Å². The molecule has 2 N–H and O–H groups in total. The molecule has 0 aliphatic heterocycles. The van der Waals surface area contributed by atoms with Gasteiger partial charge in [0.25, 0.3) is 0 Å². The summed E-state index contributed by atoms with van der Waals surface area (Å²) in [6.07, 6.45) is 3.65. The summed E-state index contributed by atoms with van der Waals surface area (Å²) in [5.41, 5.74) is 2.62. The van der Waals surface area contributed by atoms with Crippen LogP contribution in [0.25, 0.3) is 0 Å². The minimum Gasteiger partial charge on any atom is -0.309 e. The van der Waals surface area contributed by atoms with E-state index in [0.29, 0.717) is 0 Å². The van der Waals surface area contributed by atoms with Gasteiger partial charge >= 0.3 is 0 Å². The monoisotopic (exact) mass is 682 g/mol. The highest BCUT2D eigenvalue weighted by molar-refractivity contribution is 7.80. The molecule has 6 aromatic rings. The number of hydrogen-bond donors (Lipinski definition) is 2. The average Bonchev–Trinajstić information content (AvgIpc) is 3.12. The standard InChI is InChI=1S/2C20H20NP.2ClH/c2*21-22(19-12-6-2-7-13-19,20-14-8-3-9-15-20)17-16-18-10-4-1-5-11-18;;/h2*1-15,21H,16-17H2;2*1H. The molecule has 6 rings (SSSR count). The normalized spacial score (nSPS) is 10.8. The van der Waals surface area contributed by atoms with Crippen molar-refractivity contribution in [1.29, 1.82) is 10.3 Å². The van der Waals surface area contributed by atoms with Crippen LogP contribution in [0.1, 0.15) is 11.1 Å². The number of benzene rings is 6. The SMILES string of the molecule is Cl.Cl.N=P(CCc1ccccc1)(c1ccccc1)c1ccccc1.N=P(CCc1ccccc1)(c1ccccc1)c1ccccc1. The highest BCUT2D eigenvalue weighted by Crippen LogP contribution is 2.45. The van der Waals surface area contributed by atoms with Gasteiger partial charge in [0.2, 0.25) is 0 Å². The maximum Gasteiger partial charge on any atom is 0.0241 e. The average molecular weight is 684 g/mol. The first-order valence-electron chi connectivity index (χ1n) is 15.1. The van der Waals surface area contributed by atoms with Crippen LogP contribution in [0.4, 0.5) is 0 Å². The molecule has 0 unspecified atom stereocenters. The molecular weight excluding hydrogens is 641 g/mol. The summed E-state index contributed by atoms with van der Waals surface area (Å²) in [6.45, 7) is 0. The van der Waals surface area contributed by atoms with Gasteiger partial charge in [0.1, 0.15) is 0 Å². The van der Waals surface area contributed by atoms with Crippen LogP contribution in [-0.2, 0) is 12.8 Å². The molecule has 0 aliphatic rings. The Morgan fingerprint density at radius 1 is 0.304 bits per heavy atom. The summed E-state index contributed by atoms with van der Waals surface area (Å²) in [5, 5.41) is 23.2. The zero-order chi connectivity index (χ0) is 30.5. The van der Waals surface area contributed by atoms with Crippen LogP contribution in [0.15, 0.2) is 182 Å². The van der Waals surface area contributed by atoms with E-state index in [2.05, 4.69) is 97.1 Å². The van der Waals surface area contributed by atoms with E-state index in [0.717, 1.165) is 46.4 Å². The van der Waals surface area contributed by atoms with E-state index >= 15 is 0 Å². The van der Waals surface area contributed by atoms with E-state index in [4.69, 9.17) is 0 Å². The van der Waals surface area contributed by atoms with Crippen molar-refractivity contribution in [2.45, 2.75) is 12.8 Å². The molecule has 6 aromatic carbocycles. The van der Waals surface area contributed by atoms with Crippen LogP contribution in [0, 0.1) is 10.3 Å². The molecule has 0 heterocycles. The molecule has 46 heavy (non-hydrogen) atoms. The summed E-state index contributed by atoms with van der Waals surface area (Å²) in [5.74, 6) is 0. The lowest BCUT2D eigenvalue weighted by atomic mass is 10.2. The molecule has 0 aromatic heterocycles.